The second-order valence-electron chi connectivity index (χ2n) is 6.50. The lowest BCUT2D eigenvalue weighted by Gasteiger charge is -2.14. The number of sulfonamides is 1. The molecule has 0 fully saturated rings. The molecule has 0 radical (unpaired) electrons. The quantitative estimate of drug-likeness (QED) is 0.585. The summed E-state index contributed by atoms with van der Waals surface area (Å²) in [5.41, 5.74) is 2.78. The van der Waals surface area contributed by atoms with Crippen LogP contribution < -0.4 is 4.72 Å². The number of rotatable bonds is 10. The van der Waals surface area contributed by atoms with Crippen molar-refractivity contribution in [1.29, 1.82) is 0 Å². The van der Waals surface area contributed by atoms with E-state index in [-0.39, 0.29) is 5.97 Å². The van der Waals surface area contributed by atoms with E-state index in [0.29, 0.717) is 43.0 Å². The highest BCUT2D eigenvalue weighted by Crippen LogP contribution is 2.22. The summed E-state index contributed by atoms with van der Waals surface area (Å²) in [7, 11) is -3.47. The van der Waals surface area contributed by atoms with Gasteiger partial charge in [-0.1, -0.05) is 48.0 Å². The zero-order valence-corrected chi connectivity index (χ0v) is 17.7. The van der Waals surface area contributed by atoms with Gasteiger partial charge in [-0.05, 0) is 55.5 Å². The fourth-order valence-electron chi connectivity index (χ4n) is 2.73. The van der Waals surface area contributed by atoms with Gasteiger partial charge in [0.2, 0.25) is 10.0 Å². The van der Waals surface area contributed by atoms with Crippen LogP contribution in [0.4, 0.5) is 0 Å². The van der Waals surface area contributed by atoms with Crippen LogP contribution in [0, 0.1) is 0 Å². The molecule has 28 heavy (non-hydrogen) atoms. The van der Waals surface area contributed by atoms with E-state index in [0.717, 1.165) is 11.1 Å². The molecule has 7 heteroatoms. The Morgan fingerprint density at radius 3 is 2.18 bits per heavy atom. The average Bonchev–Trinajstić information content (AvgIpc) is 2.67. The number of halogens is 1. The van der Waals surface area contributed by atoms with Crippen LogP contribution in [0.5, 0.6) is 0 Å². The number of carbonyl (C=O) groups excluding carboxylic acids is 1. The van der Waals surface area contributed by atoms with Gasteiger partial charge >= 0.3 is 5.97 Å². The van der Waals surface area contributed by atoms with Crippen LogP contribution in [0.3, 0.4) is 0 Å². The van der Waals surface area contributed by atoms with Gasteiger partial charge in [-0.15, -0.1) is 0 Å². The van der Waals surface area contributed by atoms with Crippen LogP contribution in [0.25, 0.3) is 0 Å². The van der Waals surface area contributed by atoms with E-state index >= 15 is 0 Å². The molecule has 0 saturated heterocycles. The zero-order valence-electron chi connectivity index (χ0n) is 16.2. The third-order valence-electron chi connectivity index (χ3n) is 4.47. The van der Waals surface area contributed by atoms with Crippen LogP contribution in [-0.4, -0.2) is 27.5 Å². The van der Waals surface area contributed by atoms with E-state index in [1.54, 1.807) is 38.1 Å². The summed E-state index contributed by atoms with van der Waals surface area (Å²) in [5.74, 6) is -0.198. The van der Waals surface area contributed by atoms with E-state index in [2.05, 4.69) is 4.72 Å². The first kappa shape index (κ1) is 22.4. The monoisotopic (exact) mass is 423 g/mol. The van der Waals surface area contributed by atoms with Crippen LogP contribution in [-0.2, 0) is 32.4 Å². The number of aryl methyl sites for hydroxylation is 1. The van der Waals surface area contributed by atoms with Crippen LogP contribution in [0.1, 0.15) is 42.2 Å². The first-order valence-corrected chi connectivity index (χ1v) is 11.2. The summed E-state index contributed by atoms with van der Waals surface area (Å²) in [5, 5.41) is -0.0815. The molecule has 1 N–H and O–H groups in total. The summed E-state index contributed by atoms with van der Waals surface area (Å²) in [6.07, 6.45) is 1.57. The number of hydrogen-bond acceptors (Lipinski definition) is 4. The Kier molecular flexibility index (Phi) is 8.48. The standard InChI is InChI=1S/C21H26ClNO4S/c1-3-27-21(24)13-8-17-4-6-18(7-5-17)14-15-23-28(25,26)16(2)19-9-11-20(22)12-10-19/h4-7,9-12,16,23H,3,8,13-15H2,1-2H3. The molecule has 152 valence electrons. The van der Waals surface area contributed by atoms with Gasteiger partial charge in [-0.25, -0.2) is 13.1 Å². The van der Waals surface area contributed by atoms with E-state index < -0.39 is 15.3 Å². The molecule has 0 aromatic heterocycles. The topological polar surface area (TPSA) is 72.5 Å². The Morgan fingerprint density at radius 2 is 1.61 bits per heavy atom. The van der Waals surface area contributed by atoms with Gasteiger partial charge in [0.15, 0.2) is 0 Å². The van der Waals surface area contributed by atoms with Gasteiger partial charge in [0.1, 0.15) is 0 Å². The number of carbonyl (C=O) groups is 1. The molecule has 1 unspecified atom stereocenters. The van der Waals surface area contributed by atoms with Crippen molar-refractivity contribution in [1.82, 2.24) is 4.72 Å². The van der Waals surface area contributed by atoms with Crippen molar-refractivity contribution in [3.63, 3.8) is 0 Å². The van der Waals surface area contributed by atoms with Crippen molar-refractivity contribution in [3.05, 3.63) is 70.2 Å². The molecule has 5 nitrogen and oxygen atoms in total. The van der Waals surface area contributed by atoms with Gasteiger partial charge < -0.3 is 4.74 Å². The highest BCUT2D eigenvalue weighted by Gasteiger charge is 2.21. The van der Waals surface area contributed by atoms with Crippen LogP contribution in [0.2, 0.25) is 5.02 Å². The summed E-state index contributed by atoms with van der Waals surface area (Å²) in [4.78, 5) is 11.4. The number of benzene rings is 2. The highest BCUT2D eigenvalue weighted by atomic mass is 35.5. The number of esters is 1. The van der Waals surface area contributed by atoms with E-state index in [4.69, 9.17) is 16.3 Å². The molecule has 0 aliphatic heterocycles. The fraction of sp³-hybridized carbons (Fsp3) is 0.381. The Hall–Kier alpha value is -1.89. The van der Waals surface area contributed by atoms with Crippen molar-refractivity contribution in [2.24, 2.45) is 0 Å². The first-order valence-electron chi connectivity index (χ1n) is 9.29. The van der Waals surface area contributed by atoms with Crippen molar-refractivity contribution < 1.29 is 17.9 Å². The molecule has 2 aromatic rings. The molecule has 0 aliphatic carbocycles. The van der Waals surface area contributed by atoms with Crippen LogP contribution in [0.15, 0.2) is 48.5 Å². The third-order valence-corrected chi connectivity index (χ3v) is 6.53. The van der Waals surface area contributed by atoms with Gasteiger partial charge in [0.05, 0.1) is 11.9 Å². The average molecular weight is 424 g/mol. The molecule has 2 aromatic carbocycles. The predicted octanol–water partition coefficient (Wildman–Crippen LogP) is 4.06. The Labute approximate surface area is 172 Å². The maximum Gasteiger partial charge on any atom is 0.306 e. The van der Waals surface area contributed by atoms with Crippen molar-refractivity contribution in [3.8, 4) is 0 Å². The van der Waals surface area contributed by atoms with E-state index in [9.17, 15) is 13.2 Å². The largest absolute Gasteiger partial charge is 0.466 e. The number of nitrogens with one attached hydrogen (secondary N) is 1. The lowest BCUT2D eigenvalue weighted by Crippen LogP contribution is -2.29. The zero-order chi connectivity index (χ0) is 20.6. The van der Waals surface area contributed by atoms with Crippen LogP contribution >= 0.6 is 11.6 Å². The Morgan fingerprint density at radius 1 is 1.04 bits per heavy atom. The minimum atomic E-state index is -3.47. The van der Waals surface area contributed by atoms with E-state index in [1.165, 1.54) is 0 Å². The predicted molar refractivity (Wildman–Crippen MR) is 112 cm³/mol. The maximum absolute atomic E-state index is 12.5. The first-order chi connectivity index (χ1) is 13.3. The Balaban J connectivity index is 1.83. The highest BCUT2D eigenvalue weighted by molar-refractivity contribution is 7.89. The summed E-state index contributed by atoms with van der Waals surface area (Å²) in [6, 6.07) is 14.6. The molecule has 0 aliphatic rings. The normalized spacial score (nSPS) is 12.5. The van der Waals surface area contributed by atoms with Gasteiger partial charge in [0.25, 0.3) is 0 Å². The number of ether oxygens (including phenoxy) is 1. The molecule has 0 heterocycles. The third kappa shape index (κ3) is 6.93. The second kappa shape index (κ2) is 10.6. The second-order valence-corrected chi connectivity index (χ2v) is 9.03. The van der Waals surface area contributed by atoms with E-state index in [1.807, 2.05) is 24.3 Å². The fourth-order valence-corrected chi connectivity index (χ4v) is 4.01. The van der Waals surface area contributed by atoms with Crippen molar-refractivity contribution >= 4 is 27.6 Å². The molecule has 1 atom stereocenters. The summed E-state index contributed by atoms with van der Waals surface area (Å²) in [6.45, 7) is 4.16. The molecular formula is C21H26ClNO4S. The maximum atomic E-state index is 12.5. The molecule has 2 rings (SSSR count). The molecular weight excluding hydrogens is 398 g/mol. The lowest BCUT2D eigenvalue weighted by atomic mass is 10.1. The minimum Gasteiger partial charge on any atom is -0.466 e. The smallest absolute Gasteiger partial charge is 0.306 e. The molecule has 0 bridgehead atoms. The molecule has 0 saturated carbocycles. The van der Waals surface area contributed by atoms with Crippen molar-refractivity contribution in [2.75, 3.05) is 13.2 Å². The SMILES string of the molecule is CCOC(=O)CCc1ccc(CCNS(=O)(=O)C(C)c2ccc(Cl)cc2)cc1. The van der Waals surface area contributed by atoms with Gasteiger partial charge in [0, 0.05) is 18.0 Å². The molecule has 0 amide bonds. The number of hydrogen-bond donors (Lipinski definition) is 1. The van der Waals surface area contributed by atoms with Crippen molar-refractivity contribution in [2.45, 2.75) is 38.4 Å². The lowest BCUT2D eigenvalue weighted by molar-refractivity contribution is -0.143. The minimum absolute atomic E-state index is 0.198. The summed E-state index contributed by atoms with van der Waals surface area (Å²) >= 11 is 5.85. The molecule has 0 spiro atoms. The van der Waals surface area contributed by atoms with Gasteiger partial charge in [-0.3, -0.25) is 4.79 Å². The summed E-state index contributed by atoms with van der Waals surface area (Å²) < 4.78 is 32.5. The Bertz CT molecular complexity index is 864. The van der Waals surface area contributed by atoms with Gasteiger partial charge in [-0.2, -0.15) is 0 Å².